The second kappa shape index (κ2) is 10.5. The van der Waals surface area contributed by atoms with Crippen molar-refractivity contribution >= 4 is 38.9 Å². The van der Waals surface area contributed by atoms with Crippen molar-refractivity contribution in [2.24, 2.45) is 0 Å². The van der Waals surface area contributed by atoms with Crippen LogP contribution in [0.3, 0.4) is 0 Å². The lowest BCUT2D eigenvalue weighted by atomic mass is 10.2. The maximum atomic E-state index is 12.3. The Morgan fingerprint density at radius 1 is 1.03 bits per heavy atom. The van der Waals surface area contributed by atoms with Crippen LogP contribution in [0, 0.1) is 0 Å². The number of benzene rings is 2. The van der Waals surface area contributed by atoms with Gasteiger partial charge in [-0.25, -0.2) is 13.1 Å². The van der Waals surface area contributed by atoms with Gasteiger partial charge in [0, 0.05) is 17.3 Å². The van der Waals surface area contributed by atoms with E-state index in [1.54, 1.807) is 43.3 Å². The molecule has 3 N–H and O–H groups in total. The third-order valence-corrected chi connectivity index (χ3v) is 5.92. The minimum Gasteiger partial charge on any atom is -0.491 e. The molecular weight excluding hydrogens is 422 g/mol. The van der Waals surface area contributed by atoms with Crippen LogP contribution in [-0.2, 0) is 10.0 Å². The van der Waals surface area contributed by atoms with Gasteiger partial charge in [0.15, 0.2) is 5.11 Å². The number of carbonyl (C=O) groups excluding carboxylic acids is 1. The summed E-state index contributed by atoms with van der Waals surface area (Å²) >= 11 is 5.18. The molecular formula is C21H27N3O4S2. The average Bonchev–Trinajstić information content (AvgIpc) is 2.68. The number of thiocarbonyl (C=S) groups is 1. The molecule has 2 rings (SSSR count). The molecule has 0 saturated carbocycles. The van der Waals surface area contributed by atoms with Gasteiger partial charge in [0.25, 0.3) is 5.91 Å². The molecule has 1 unspecified atom stereocenters. The van der Waals surface area contributed by atoms with Crippen LogP contribution in [0.2, 0.25) is 0 Å². The van der Waals surface area contributed by atoms with Gasteiger partial charge < -0.3 is 10.1 Å². The van der Waals surface area contributed by atoms with E-state index < -0.39 is 10.0 Å². The Morgan fingerprint density at radius 3 is 2.17 bits per heavy atom. The molecule has 0 aromatic heterocycles. The number of amides is 1. The van der Waals surface area contributed by atoms with E-state index in [-0.39, 0.29) is 28.1 Å². The van der Waals surface area contributed by atoms with Gasteiger partial charge in [-0.3, -0.25) is 10.1 Å². The Balaban J connectivity index is 1.95. The topological polar surface area (TPSA) is 96.5 Å². The lowest BCUT2D eigenvalue weighted by molar-refractivity contribution is 0.0977. The van der Waals surface area contributed by atoms with E-state index in [0.717, 1.165) is 0 Å². The van der Waals surface area contributed by atoms with Gasteiger partial charge in [0.05, 0.1) is 11.0 Å². The van der Waals surface area contributed by atoms with Gasteiger partial charge in [-0.15, -0.1) is 0 Å². The molecule has 2 aromatic rings. The van der Waals surface area contributed by atoms with E-state index in [1.165, 1.54) is 12.1 Å². The van der Waals surface area contributed by atoms with E-state index in [9.17, 15) is 13.2 Å². The molecule has 0 aliphatic carbocycles. The minimum atomic E-state index is -3.57. The highest BCUT2D eigenvalue weighted by Crippen LogP contribution is 2.16. The zero-order valence-corrected chi connectivity index (χ0v) is 19.1. The van der Waals surface area contributed by atoms with E-state index in [0.29, 0.717) is 23.4 Å². The fourth-order valence-electron chi connectivity index (χ4n) is 2.43. The Kier molecular flexibility index (Phi) is 8.33. The summed E-state index contributed by atoms with van der Waals surface area (Å²) < 4.78 is 32.7. The van der Waals surface area contributed by atoms with Crippen LogP contribution in [0.25, 0.3) is 0 Å². The van der Waals surface area contributed by atoms with Crippen molar-refractivity contribution in [1.29, 1.82) is 0 Å². The van der Waals surface area contributed by atoms with Gasteiger partial charge >= 0.3 is 0 Å². The largest absolute Gasteiger partial charge is 0.491 e. The van der Waals surface area contributed by atoms with Crippen molar-refractivity contribution in [3.63, 3.8) is 0 Å². The summed E-state index contributed by atoms with van der Waals surface area (Å²) in [5, 5.41) is 5.57. The van der Waals surface area contributed by atoms with Gasteiger partial charge in [-0.05, 0) is 87.9 Å². The van der Waals surface area contributed by atoms with Gasteiger partial charge in [-0.1, -0.05) is 6.92 Å². The van der Waals surface area contributed by atoms with Crippen LogP contribution in [0.1, 0.15) is 44.5 Å². The fraction of sp³-hybridized carbons (Fsp3) is 0.333. The highest BCUT2D eigenvalue weighted by molar-refractivity contribution is 7.89. The van der Waals surface area contributed by atoms with Crippen molar-refractivity contribution in [1.82, 2.24) is 10.0 Å². The summed E-state index contributed by atoms with van der Waals surface area (Å²) in [6, 6.07) is 12.7. The maximum Gasteiger partial charge on any atom is 0.257 e. The normalized spacial score (nSPS) is 12.3. The quantitative estimate of drug-likeness (QED) is 0.532. The van der Waals surface area contributed by atoms with Crippen molar-refractivity contribution < 1.29 is 17.9 Å². The van der Waals surface area contributed by atoms with Crippen LogP contribution >= 0.6 is 12.2 Å². The number of nitrogens with one attached hydrogen (secondary N) is 3. The van der Waals surface area contributed by atoms with E-state index in [1.807, 2.05) is 20.8 Å². The van der Waals surface area contributed by atoms with Gasteiger partial charge in [-0.2, -0.15) is 0 Å². The van der Waals surface area contributed by atoms with E-state index in [2.05, 4.69) is 15.4 Å². The Labute approximate surface area is 183 Å². The van der Waals surface area contributed by atoms with Crippen LogP contribution < -0.4 is 20.1 Å². The van der Waals surface area contributed by atoms with Crippen LogP contribution in [0.5, 0.6) is 5.75 Å². The number of hydrogen-bond donors (Lipinski definition) is 3. The molecule has 0 radical (unpaired) electrons. The first-order valence-electron chi connectivity index (χ1n) is 9.62. The minimum absolute atomic E-state index is 0.0497. The molecule has 0 heterocycles. The zero-order chi connectivity index (χ0) is 22.3. The zero-order valence-electron chi connectivity index (χ0n) is 17.4. The molecule has 2 aromatic carbocycles. The Hall–Kier alpha value is -2.49. The number of sulfonamides is 1. The van der Waals surface area contributed by atoms with Crippen molar-refractivity contribution in [2.45, 2.75) is 51.2 Å². The first kappa shape index (κ1) is 23.8. The predicted octanol–water partition coefficient (Wildman–Crippen LogP) is 3.68. The smallest absolute Gasteiger partial charge is 0.257 e. The van der Waals surface area contributed by atoms with Crippen LogP contribution in [0.15, 0.2) is 53.4 Å². The molecule has 0 aliphatic rings. The SMILES string of the molecule is CCC(C)NS(=O)(=O)c1ccc(NC(=S)NC(=O)c2ccc(OC(C)C)cc2)cc1. The third kappa shape index (κ3) is 7.08. The van der Waals surface area contributed by atoms with Crippen molar-refractivity contribution in [3.8, 4) is 5.75 Å². The molecule has 162 valence electrons. The standard InChI is InChI=1S/C21H27N3O4S2/c1-5-15(4)24-30(26,27)19-12-8-17(9-13-19)22-21(29)23-20(25)16-6-10-18(11-7-16)28-14(2)3/h6-15,24H,5H2,1-4H3,(H2,22,23,25,29). The predicted molar refractivity (Wildman–Crippen MR) is 122 cm³/mol. The first-order chi connectivity index (χ1) is 14.1. The van der Waals surface area contributed by atoms with E-state index >= 15 is 0 Å². The highest BCUT2D eigenvalue weighted by Gasteiger charge is 2.16. The Morgan fingerprint density at radius 2 is 1.63 bits per heavy atom. The lowest BCUT2D eigenvalue weighted by Crippen LogP contribution is -2.34. The number of hydrogen-bond acceptors (Lipinski definition) is 5. The molecule has 0 fully saturated rings. The highest BCUT2D eigenvalue weighted by atomic mass is 32.2. The molecule has 0 saturated heterocycles. The van der Waals surface area contributed by atoms with Crippen molar-refractivity contribution in [3.05, 3.63) is 54.1 Å². The summed E-state index contributed by atoms with van der Waals surface area (Å²) in [6.45, 7) is 7.56. The molecule has 1 atom stereocenters. The molecule has 30 heavy (non-hydrogen) atoms. The number of ether oxygens (including phenoxy) is 1. The lowest BCUT2D eigenvalue weighted by Gasteiger charge is -2.13. The third-order valence-electron chi connectivity index (χ3n) is 4.11. The molecule has 7 nitrogen and oxygen atoms in total. The second-order valence-electron chi connectivity index (χ2n) is 7.05. The molecule has 1 amide bonds. The van der Waals surface area contributed by atoms with Crippen LogP contribution in [-0.4, -0.2) is 31.6 Å². The summed E-state index contributed by atoms with van der Waals surface area (Å²) in [4.78, 5) is 12.5. The first-order valence-corrected chi connectivity index (χ1v) is 11.5. The van der Waals surface area contributed by atoms with Crippen molar-refractivity contribution in [2.75, 3.05) is 5.32 Å². The van der Waals surface area contributed by atoms with Gasteiger partial charge in [0.2, 0.25) is 10.0 Å². The number of rotatable bonds is 8. The second-order valence-corrected chi connectivity index (χ2v) is 9.18. The molecule has 0 bridgehead atoms. The Bertz CT molecular complexity index is 972. The maximum absolute atomic E-state index is 12.3. The molecule has 0 spiro atoms. The monoisotopic (exact) mass is 449 g/mol. The molecule has 9 heteroatoms. The van der Waals surface area contributed by atoms with Crippen LogP contribution in [0.4, 0.5) is 5.69 Å². The fourth-order valence-corrected chi connectivity index (χ4v) is 3.97. The molecule has 0 aliphatic heterocycles. The summed E-state index contributed by atoms with van der Waals surface area (Å²) in [7, 11) is -3.57. The summed E-state index contributed by atoms with van der Waals surface area (Å²) in [5.41, 5.74) is 0.997. The summed E-state index contributed by atoms with van der Waals surface area (Å²) in [5.74, 6) is 0.320. The average molecular weight is 450 g/mol. The summed E-state index contributed by atoms with van der Waals surface area (Å²) in [6.07, 6.45) is 0.744. The number of carbonyl (C=O) groups is 1. The number of anilines is 1. The van der Waals surface area contributed by atoms with E-state index in [4.69, 9.17) is 17.0 Å². The van der Waals surface area contributed by atoms with Gasteiger partial charge in [0.1, 0.15) is 5.75 Å².